The molecule has 1 saturated heterocycles. The number of hydrogen-bond acceptors (Lipinski definition) is 4. The third kappa shape index (κ3) is 4.97. The number of hydrogen-bond donors (Lipinski definition) is 1. The van der Waals surface area contributed by atoms with Crippen LogP contribution in [0.15, 0.2) is 76.8 Å². The highest BCUT2D eigenvalue weighted by Gasteiger charge is 2.19. The highest BCUT2D eigenvalue weighted by molar-refractivity contribution is 8.03. The first-order chi connectivity index (χ1) is 15.7. The molecule has 5 nitrogen and oxygen atoms in total. The summed E-state index contributed by atoms with van der Waals surface area (Å²) >= 11 is 1.66. The number of imidazole rings is 1. The number of nitrogens with zero attached hydrogens (tertiary/aromatic N) is 3. The Balaban J connectivity index is 1.06. The molecule has 1 aromatic carbocycles. The van der Waals surface area contributed by atoms with Crippen LogP contribution >= 0.6 is 11.8 Å². The maximum absolute atomic E-state index is 12.4. The first kappa shape index (κ1) is 21.0. The number of likely N-dealkylation sites (tertiary alicyclic amines) is 1. The van der Waals surface area contributed by atoms with Gasteiger partial charge in [-0.1, -0.05) is 48.2 Å². The predicted octanol–water partition coefficient (Wildman–Crippen LogP) is 4.41. The highest BCUT2D eigenvalue weighted by Crippen LogP contribution is 2.34. The van der Waals surface area contributed by atoms with Crippen LogP contribution in [0, 0.1) is 5.92 Å². The fourth-order valence-corrected chi connectivity index (χ4v) is 5.39. The molecule has 2 aromatic heterocycles. The van der Waals surface area contributed by atoms with Crippen molar-refractivity contribution in [2.45, 2.75) is 24.3 Å². The molecular weight excluding hydrogens is 416 g/mol. The second-order valence-corrected chi connectivity index (χ2v) is 9.58. The van der Waals surface area contributed by atoms with Crippen molar-refractivity contribution in [3.8, 4) is 0 Å². The van der Waals surface area contributed by atoms with Gasteiger partial charge >= 0.3 is 0 Å². The van der Waals surface area contributed by atoms with Gasteiger partial charge in [-0.05, 0) is 68.1 Å². The molecule has 164 valence electrons. The van der Waals surface area contributed by atoms with Gasteiger partial charge in [-0.25, -0.2) is 4.98 Å². The first-order valence-electron chi connectivity index (χ1n) is 11.3. The molecular formula is C26H28N4OS. The average molecular weight is 445 g/mol. The van der Waals surface area contributed by atoms with Gasteiger partial charge < -0.3 is 10.2 Å². The van der Waals surface area contributed by atoms with Crippen molar-refractivity contribution in [2.75, 3.05) is 26.2 Å². The van der Waals surface area contributed by atoms with E-state index in [2.05, 4.69) is 62.1 Å². The summed E-state index contributed by atoms with van der Waals surface area (Å²) in [5.41, 5.74) is 3.41. The minimum absolute atomic E-state index is 0.0182. The predicted molar refractivity (Wildman–Crippen MR) is 130 cm³/mol. The van der Waals surface area contributed by atoms with E-state index >= 15 is 0 Å². The number of benzene rings is 1. The van der Waals surface area contributed by atoms with Gasteiger partial charge in [0, 0.05) is 24.1 Å². The molecule has 1 N–H and O–H groups in total. The number of nitrogens with one attached hydrogen (secondary N) is 1. The van der Waals surface area contributed by atoms with Gasteiger partial charge in [0.1, 0.15) is 5.65 Å². The highest BCUT2D eigenvalue weighted by atomic mass is 32.2. The zero-order chi connectivity index (χ0) is 21.8. The molecule has 32 heavy (non-hydrogen) atoms. The third-order valence-electron chi connectivity index (χ3n) is 6.26. The van der Waals surface area contributed by atoms with Gasteiger partial charge in [0.15, 0.2) is 0 Å². The summed E-state index contributed by atoms with van der Waals surface area (Å²) in [6.45, 7) is 4.11. The third-order valence-corrected chi connectivity index (χ3v) is 7.28. The van der Waals surface area contributed by atoms with Crippen molar-refractivity contribution in [1.82, 2.24) is 19.6 Å². The van der Waals surface area contributed by atoms with Gasteiger partial charge in [-0.15, -0.1) is 0 Å². The Morgan fingerprint density at radius 3 is 2.81 bits per heavy atom. The Kier molecular flexibility index (Phi) is 6.41. The van der Waals surface area contributed by atoms with Crippen LogP contribution in [0.5, 0.6) is 0 Å². The lowest BCUT2D eigenvalue weighted by molar-refractivity contribution is -0.116. The average Bonchev–Trinajstić information content (AvgIpc) is 3.26. The van der Waals surface area contributed by atoms with E-state index in [-0.39, 0.29) is 5.91 Å². The van der Waals surface area contributed by atoms with Crippen molar-refractivity contribution >= 4 is 29.4 Å². The van der Waals surface area contributed by atoms with E-state index in [0.29, 0.717) is 5.92 Å². The van der Waals surface area contributed by atoms with E-state index in [4.69, 9.17) is 0 Å². The zero-order valence-corrected chi connectivity index (χ0v) is 18.9. The number of aromatic nitrogens is 2. The van der Waals surface area contributed by atoms with Crippen LogP contribution in [-0.4, -0.2) is 46.4 Å². The van der Waals surface area contributed by atoms with Gasteiger partial charge in [-0.2, -0.15) is 0 Å². The Labute approximate surface area is 193 Å². The van der Waals surface area contributed by atoms with Crippen LogP contribution in [0.1, 0.15) is 24.1 Å². The van der Waals surface area contributed by atoms with Crippen molar-refractivity contribution in [1.29, 1.82) is 0 Å². The van der Waals surface area contributed by atoms with Crippen molar-refractivity contribution < 1.29 is 4.79 Å². The second kappa shape index (κ2) is 9.76. The quantitative estimate of drug-likeness (QED) is 0.549. The minimum atomic E-state index is -0.0182. The largest absolute Gasteiger partial charge is 0.352 e. The lowest BCUT2D eigenvalue weighted by Gasteiger charge is -2.32. The van der Waals surface area contributed by atoms with Crippen molar-refractivity contribution in [3.63, 3.8) is 0 Å². The fraction of sp³-hybridized carbons (Fsp3) is 0.308. The maximum Gasteiger partial charge on any atom is 0.244 e. The fourth-order valence-electron chi connectivity index (χ4n) is 4.40. The molecule has 5 rings (SSSR count). The molecule has 0 radical (unpaired) electrons. The molecule has 3 aromatic rings. The van der Waals surface area contributed by atoms with E-state index in [0.717, 1.165) is 66.7 Å². The molecule has 1 amide bonds. The number of thioether (sulfide) groups is 1. The topological polar surface area (TPSA) is 49.6 Å². The number of allylic oxidation sites excluding steroid dienone is 1. The number of carbonyl (C=O) groups is 1. The van der Waals surface area contributed by atoms with E-state index < -0.39 is 0 Å². The molecule has 0 atom stereocenters. The summed E-state index contributed by atoms with van der Waals surface area (Å²) < 4.78 is 2.13. The monoisotopic (exact) mass is 444 g/mol. The van der Waals surface area contributed by atoms with Crippen LogP contribution in [0.3, 0.4) is 0 Å². The van der Waals surface area contributed by atoms with Crippen LogP contribution in [0.4, 0.5) is 0 Å². The van der Waals surface area contributed by atoms with Crippen molar-refractivity contribution in [2.24, 2.45) is 5.92 Å². The number of amides is 1. The van der Waals surface area contributed by atoms with Crippen LogP contribution in [0.2, 0.25) is 0 Å². The summed E-state index contributed by atoms with van der Waals surface area (Å²) in [6, 6.07) is 16.8. The van der Waals surface area contributed by atoms with E-state index in [1.165, 1.54) is 5.56 Å². The normalized spacial score (nSPS) is 17.1. The molecule has 6 heteroatoms. The minimum Gasteiger partial charge on any atom is -0.352 e. The first-order valence-corrected chi connectivity index (χ1v) is 12.1. The molecule has 0 bridgehead atoms. The molecule has 1 fully saturated rings. The number of carbonyl (C=O) groups excluding carboxylic acids is 1. The second-order valence-electron chi connectivity index (χ2n) is 8.49. The maximum atomic E-state index is 12.4. The number of pyridine rings is 1. The van der Waals surface area contributed by atoms with E-state index in [1.807, 2.05) is 24.4 Å². The molecule has 0 saturated carbocycles. The number of piperidine rings is 1. The van der Waals surface area contributed by atoms with Crippen LogP contribution < -0.4 is 5.32 Å². The molecule has 0 unspecified atom stereocenters. The Morgan fingerprint density at radius 1 is 1.12 bits per heavy atom. The SMILES string of the molecule is O=C(C=CC1=Cc2cnc3cccc(n23)S1)NCC1CCN(CCc2ccccc2)CC1. The van der Waals surface area contributed by atoms with Gasteiger partial charge in [-0.3, -0.25) is 9.20 Å². The summed E-state index contributed by atoms with van der Waals surface area (Å²) in [7, 11) is 0. The van der Waals surface area contributed by atoms with Crippen LogP contribution in [0.25, 0.3) is 11.7 Å². The van der Waals surface area contributed by atoms with E-state index in [1.54, 1.807) is 17.8 Å². The summed E-state index contributed by atoms with van der Waals surface area (Å²) in [5, 5.41) is 4.22. The molecule has 2 aliphatic heterocycles. The standard InChI is InChI=1S/C26H28N4OS/c31-25(10-9-23-17-22-19-27-24-7-4-8-26(32-23)30(22)24)28-18-21-12-15-29(16-13-21)14-11-20-5-2-1-3-6-20/h1-10,17,19,21H,11-16,18H2,(H,28,31). The van der Waals surface area contributed by atoms with Gasteiger partial charge in [0.05, 0.1) is 16.9 Å². The lowest BCUT2D eigenvalue weighted by atomic mass is 9.96. The summed E-state index contributed by atoms with van der Waals surface area (Å²) in [6.07, 6.45) is 10.9. The van der Waals surface area contributed by atoms with Gasteiger partial charge in [0.2, 0.25) is 5.91 Å². The van der Waals surface area contributed by atoms with Crippen molar-refractivity contribution in [3.05, 3.63) is 83.0 Å². The van der Waals surface area contributed by atoms with Crippen LogP contribution in [-0.2, 0) is 11.2 Å². The Hall–Kier alpha value is -2.83. The number of rotatable bonds is 7. The molecule has 0 aliphatic carbocycles. The van der Waals surface area contributed by atoms with E-state index in [9.17, 15) is 4.79 Å². The Bertz CT molecular complexity index is 1140. The smallest absolute Gasteiger partial charge is 0.244 e. The summed E-state index contributed by atoms with van der Waals surface area (Å²) in [4.78, 5) is 20.4. The Morgan fingerprint density at radius 2 is 1.97 bits per heavy atom. The summed E-state index contributed by atoms with van der Waals surface area (Å²) in [5.74, 6) is 0.547. The molecule has 2 aliphatic rings. The van der Waals surface area contributed by atoms with Gasteiger partial charge in [0.25, 0.3) is 0 Å². The lowest BCUT2D eigenvalue weighted by Crippen LogP contribution is -2.39. The molecule has 0 spiro atoms. The molecule has 4 heterocycles. The zero-order valence-electron chi connectivity index (χ0n) is 18.1.